The second-order valence-electron chi connectivity index (χ2n) is 7.23. The van der Waals surface area contributed by atoms with Crippen LogP contribution in [0.4, 0.5) is 0 Å². The Labute approximate surface area is 192 Å². The highest BCUT2D eigenvalue weighted by Crippen LogP contribution is 2.27. The van der Waals surface area contributed by atoms with Crippen molar-refractivity contribution in [2.45, 2.75) is 67.7 Å². The molecule has 0 aliphatic carbocycles. The Morgan fingerprint density at radius 3 is 1.90 bits per heavy atom. The molecule has 0 aromatic carbocycles. The zero-order valence-corrected chi connectivity index (χ0v) is 21.3. The molecule has 3 nitrogen and oxygen atoms in total. The molecule has 176 valence electrons. The molecule has 1 unspecified atom stereocenters. The molecule has 0 aromatic rings. The van der Waals surface area contributed by atoms with Crippen molar-refractivity contribution in [1.29, 1.82) is 0 Å². The predicted molar refractivity (Wildman–Crippen MR) is 138 cm³/mol. The molecule has 1 atom stereocenters. The van der Waals surface area contributed by atoms with Gasteiger partial charge in [0.2, 0.25) is 0 Å². The summed E-state index contributed by atoms with van der Waals surface area (Å²) in [5.41, 5.74) is 3.56. The molecule has 0 rings (SSSR count). The van der Waals surface area contributed by atoms with Crippen LogP contribution in [0, 0.1) is 11.8 Å². The van der Waals surface area contributed by atoms with E-state index in [1.54, 1.807) is 12.2 Å². The van der Waals surface area contributed by atoms with E-state index in [2.05, 4.69) is 66.7 Å². The number of methoxy groups -OCH3 is 1. The van der Waals surface area contributed by atoms with Gasteiger partial charge in [0.05, 0.1) is 7.11 Å². The van der Waals surface area contributed by atoms with Gasteiger partial charge in [0, 0.05) is 0 Å². The third kappa shape index (κ3) is 15.9. The summed E-state index contributed by atoms with van der Waals surface area (Å²) in [5, 5.41) is 0. The normalized spacial score (nSPS) is 11.6. The quantitative estimate of drug-likeness (QED) is 0.127. The van der Waals surface area contributed by atoms with Crippen molar-refractivity contribution in [3.05, 3.63) is 84.9 Å². The second-order valence-corrected chi connectivity index (χ2v) is 7.23. The van der Waals surface area contributed by atoms with Gasteiger partial charge in [0.15, 0.2) is 11.5 Å². The minimum absolute atomic E-state index is 0.216. The first-order valence-electron chi connectivity index (χ1n) is 11.0. The summed E-state index contributed by atoms with van der Waals surface area (Å²) in [5.74, 6) is 1.57. The van der Waals surface area contributed by atoms with Crippen molar-refractivity contribution >= 4 is 6.47 Å². The molecule has 0 amide bonds. The molecule has 0 saturated heterocycles. The van der Waals surface area contributed by atoms with Gasteiger partial charge in [-0.1, -0.05) is 92.0 Å². The molecule has 31 heavy (non-hydrogen) atoms. The highest BCUT2D eigenvalue weighted by atomic mass is 16.5. The summed E-state index contributed by atoms with van der Waals surface area (Å²) in [7, 11) is 1.46. The molecule has 0 radical (unpaired) electrons. The van der Waals surface area contributed by atoms with Crippen molar-refractivity contribution in [3.63, 3.8) is 0 Å². The average molecular weight is 431 g/mol. The van der Waals surface area contributed by atoms with Crippen LogP contribution in [0.25, 0.3) is 0 Å². The maximum Gasteiger partial charge on any atom is 0.298 e. The molecule has 0 fully saturated rings. The Morgan fingerprint density at radius 2 is 1.52 bits per heavy atom. The SMILES string of the molecule is C=C(/C=C(/OC=O)C(=C)OC)C(=C)/C(=C\C(=C)C(C)CCC(C)C)CC.C=CC.CC. The fraction of sp³-hybridized carbons (Fsp3) is 0.464. The summed E-state index contributed by atoms with van der Waals surface area (Å²) in [6.07, 6.45) is 8.55. The monoisotopic (exact) mass is 430 g/mol. The van der Waals surface area contributed by atoms with Gasteiger partial charge < -0.3 is 9.47 Å². The summed E-state index contributed by atoms with van der Waals surface area (Å²) in [6.45, 7) is 34.4. The minimum atomic E-state index is 0.216. The molecule has 0 bridgehead atoms. The molecule has 0 spiro atoms. The number of hydrogen-bond donors (Lipinski definition) is 0. The number of carbonyl (C=O) groups is 1. The minimum Gasteiger partial charge on any atom is -0.493 e. The van der Waals surface area contributed by atoms with Crippen LogP contribution in [-0.2, 0) is 14.3 Å². The third-order valence-corrected chi connectivity index (χ3v) is 4.33. The van der Waals surface area contributed by atoms with Gasteiger partial charge in [0.1, 0.15) is 0 Å². The van der Waals surface area contributed by atoms with Crippen molar-refractivity contribution in [1.82, 2.24) is 0 Å². The Morgan fingerprint density at radius 1 is 1.00 bits per heavy atom. The molecule has 0 saturated carbocycles. The number of allylic oxidation sites excluding steroid dienone is 7. The van der Waals surface area contributed by atoms with E-state index in [9.17, 15) is 4.79 Å². The molecule has 0 aliphatic heterocycles. The van der Waals surface area contributed by atoms with Gasteiger partial charge in [-0.25, -0.2) is 0 Å². The average Bonchev–Trinajstić information content (AvgIpc) is 2.75. The highest BCUT2D eigenvalue weighted by Gasteiger charge is 2.11. The standard InChI is InChI=1S/C23H34O3.C3H6.C2H6/c1-10-22(13-18(5)17(4)12-11-16(2)3)20(7)19(6)14-23(26-15-24)21(8)25-9;1-3-2;1-2/h13-17H,5-8,10-12H2,1-4,9H3;3H,1H2,2H3;1-2H3/b22-13-,23-14+;;. The topological polar surface area (TPSA) is 35.5 Å². The summed E-state index contributed by atoms with van der Waals surface area (Å²) in [6, 6.07) is 0. The van der Waals surface area contributed by atoms with Gasteiger partial charge in [-0.3, -0.25) is 4.79 Å². The van der Waals surface area contributed by atoms with Crippen LogP contribution in [0.3, 0.4) is 0 Å². The lowest BCUT2D eigenvalue weighted by atomic mass is 9.89. The summed E-state index contributed by atoms with van der Waals surface area (Å²) >= 11 is 0. The van der Waals surface area contributed by atoms with Crippen molar-refractivity contribution in [2.75, 3.05) is 7.11 Å². The van der Waals surface area contributed by atoms with E-state index >= 15 is 0 Å². The Balaban J connectivity index is -0.00000143. The first-order valence-corrected chi connectivity index (χ1v) is 11.0. The Hall–Kier alpha value is -2.55. The van der Waals surface area contributed by atoms with E-state index in [4.69, 9.17) is 9.47 Å². The second kappa shape index (κ2) is 20.7. The maximum atomic E-state index is 10.7. The van der Waals surface area contributed by atoms with Crippen molar-refractivity contribution in [2.24, 2.45) is 11.8 Å². The largest absolute Gasteiger partial charge is 0.493 e. The fourth-order valence-corrected chi connectivity index (χ4v) is 2.32. The van der Waals surface area contributed by atoms with E-state index in [0.717, 1.165) is 29.6 Å². The molecule has 0 aromatic heterocycles. The Bertz CT molecular complexity index is 645. The number of carbonyl (C=O) groups excluding carboxylic acids is 1. The number of hydrogen-bond acceptors (Lipinski definition) is 3. The van der Waals surface area contributed by atoms with E-state index in [1.165, 1.54) is 13.5 Å². The highest BCUT2D eigenvalue weighted by molar-refractivity contribution is 5.53. The van der Waals surface area contributed by atoms with Gasteiger partial charge in [-0.2, -0.15) is 0 Å². The molecule has 0 heterocycles. The zero-order chi connectivity index (χ0) is 25.0. The van der Waals surface area contributed by atoms with Crippen molar-refractivity contribution < 1.29 is 14.3 Å². The lowest BCUT2D eigenvalue weighted by Gasteiger charge is -2.16. The first kappa shape index (κ1) is 33.1. The van der Waals surface area contributed by atoms with Crippen LogP contribution in [0.1, 0.15) is 67.7 Å². The van der Waals surface area contributed by atoms with Crippen molar-refractivity contribution in [3.8, 4) is 0 Å². The van der Waals surface area contributed by atoms with Crippen LogP contribution in [0.2, 0.25) is 0 Å². The lowest BCUT2D eigenvalue weighted by molar-refractivity contribution is -0.125. The van der Waals surface area contributed by atoms with E-state index in [-0.39, 0.29) is 11.5 Å². The van der Waals surface area contributed by atoms with E-state index < -0.39 is 0 Å². The molecular weight excluding hydrogens is 384 g/mol. The lowest BCUT2D eigenvalue weighted by Crippen LogP contribution is -2.01. The summed E-state index contributed by atoms with van der Waals surface area (Å²) < 4.78 is 9.95. The summed E-state index contributed by atoms with van der Waals surface area (Å²) in [4.78, 5) is 10.7. The predicted octanol–water partition coefficient (Wildman–Crippen LogP) is 8.50. The third-order valence-electron chi connectivity index (χ3n) is 4.33. The van der Waals surface area contributed by atoms with Crippen LogP contribution in [0.5, 0.6) is 0 Å². The van der Waals surface area contributed by atoms with Crippen LogP contribution in [0.15, 0.2) is 84.9 Å². The Kier molecular flexibility index (Phi) is 22.1. The van der Waals surface area contributed by atoms with Crippen LogP contribution in [-0.4, -0.2) is 13.6 Å². The van der Waals surface area contributed by atoms with E-state index in [0.29, 0.717) is 23.9 Å². The molecular formula is C28H46O3. The molecule has 0 aliphatic rings. The van der Waals surface area contributed by atoms with E-state index in [1.807, 2.05) is 20.8 Å². The molecule has 0 N–H and O–H groups in total. The molecule has 3 heteroatoms. The van der Waals surface area contributed by atoms with Gasteiger partial charge in [-0.05, 0) is 54.4 Å². The van der Waals surface area contributed by atoms with Gasteiger partial charge in [-0.15, -0.1) is 6.58 Å². The van der Waals surface area contributed by atoms with Gasteiger partial charge in [0.25, 0.3) is 6.47 Å². The van der Waals surface area contributed by atoms with Crippen LogP contribution < -0.4 is 0 Å². The number of rotatable bonds is 13. The zero-order valence-electron chi connectivity index (χ0n) is 21.3. The number of ether oxygens (including phenoxy) is 2. The fourth-order valence-electron chi connectivity index (χ4n) is 2.32. The maximum absolute atomic E-state index is 10.7. The van der Waals surface area contributed by atoms with Gasteiger partial charge >= 0.3 is 0 Å². The first-order chi connectivity index (χ1) is 14.6. The van der Waals surface area contributed by atoms with Crippen LogP contribution >= 0.6 is 0 Å². The smallest absolute Gasteiger partial charge is 0.298 e.